The number of aromatic nitrogens is 2. The molecule has 1 heterocycles. The molecule has 0 bridgehead atoms. The van der Waals surface area contributed by atoms with Crippen molar-refractivity contribution in [1.82, 2.24) is 9.78 Å². The van der Waals surface area contributed by atoms with E-state index in [2.05, 4.69) is 21.0 Å². The summed E-state index contributed by atoms with van der Waals surface area (Å²) < 4.78 is 15.5. The molecule has 3 aromatic rings. The molecule has 0 atom stereocenters. The van der Waals surface area contributed by atoms with Crippen LogP contribution in [0.25, 0.3) is 11.1 Å². The molecule has 3 rings (SSSR count). The number of para-hydroxylation sites is 1. The molecule has 0 aliphatic rings. The fraction of sp³-hybridized carbons (Fsp3) is 0.0625. The van der Waals surface area contributed by atoms with Crippen molar-refractivity contribution in [2.45, 2.75) is 6.54 Å². The Morgan fingerprint density at radius 2 is 2.00 bits per heavy atom. The van der Waals surface area contributed by atoms with Gasteiger partial charge in [-0.25, -0.2) is 4.39 Å². The Kier molecular flexibility index (Phi) is 3.75. The molecule has 3 nitrogen and oxygen atoms in total. The van der Waals surface area contributed by atoms with E-state index >= 15 is 0 Å². The molecule has 0 saturated carbocycles. The second kappa shape index (κ2) is 5.69. The van der Waals surface area contributed by atoms with E-state index in [1.54, 1.807) is 23.0 Å². The van der Waals surface area contributed by atoms with Gasteiger partial charge < -0.3 is 5.73 Å². The van der Waals surface area contributed by atoms with Gasteiger partial charge in [-0.1, -0.05) is 24.3 Å². The number of nitrogens with two attached hydrogens (primary N) is 1. The summed E-state index contributed by atoms with van der Waals surface area (Å²) >= 11 is 3.19. The number of rotatable bonds is 3. The Labute approximate surface area is 130 Å². The maximum absolute atomic E-state index is 13.2. The average Bonchev–Trinajstić information content (AvgIpc) is 2.92. The van der Waals surface area contributed by atoms with Crippen LogP contribution in [0.2, 0.25) is 0 Å². The van der Waals surface area contributed by atoms with Crippen molar-refractivity contribution in [2.75, 3.05) is 5.73 Å². The summed E-state index contributed by atoms with van der Waals surface area (Å²) in [5.41, 5.74) is 9.59. The van der Waals surface area contributed by atoms with Crippen LogP contribution in [0, 0.1) is 5.82 Å². The minimum Gasteiger partial charge on any atom is -0.398 e. The zero-order valence-electron chi connectivity index (χ0n) is 11.1. The quantitative estimate of drug-likeness (QED) is 0.726. The second-order valence-corrected chi connectivity index (χ2v) is 5.62. The summed E-state index contributed by atoms with van der Waals surface area (Å²) in [6.07, 6.45) is 3.72. The third-order valence-electron chi connectivity index (χ3n) is 3.23. The maximum atomic E-state index is 13.2. The molecule has 1 aromatic heterocycles. The topological polar surface area (TPSA) is 43.8 Å². The number of benzene rings is 2. The Morgan fingerprint density at radius 3 is 2.76 bits per heavy atom. The normalized spacial score (nSPS) is 10.8. The molecule has 0 amide bonds. The molecular formula is C16H13BrFN3. The fourth-order valence-corrected chi connectivity index (χ4v) is 2.60. The van der Waals surface area contributed by atoms with E-state index in [0.29, 0.717) is 11.0 Å². The van der Waals surface area contributed by atoms with Gasteiger partial charge in [-0.05, 0) is 39.7 Å². The van der Waals surface area contributed by atoms with Crippen LogP contribution in [0.4, 0.5) is 10.1 Å². The standard InChI is InChI=1S/C16H13BrFN3/c17-14-7-11(5-6-15(14)18)9-21-10-12(8-20-21)13-3-1-2-4-16(13)19/h1-8,10H,9,19H2. The largest absolute Gasteiger partial charge is 0.398 e. The SMILES string of the molecule is Nc1ccccc1-c1cnn(Cc2ccc(F)c(Br)c2)c1. The minimum absolute atomic E-state index is 0.267. The Morgan fingerprint density at radius 1 is 1.19 bits per heavy atom. The van der Waals surface area contributed by atoms with E-state index in [-0.39, 0.29) is 5.82 Å². The van der Waals surface area contributed by atoms with E-state index in [9.17, 15) is 4.39 Å². The number of nitrogen functional groups attached to an aromatic ring is 1. The molecule has 0 radical (unpaired) electrons. The second-order valence-electron chi connectivity index (χ2n) is 4.76. The van der Waals surface area contributed by atoms with Gasteiger partial charge in [0.05, 0.1) is 17.2 Å². The predicted molar refractivity (Wildman–Crippen MR) is 85.3 cm³/mol. The lowest BCUT2D eigenvalue weighted by atomic mass is 10.1. The first-order valence-electron chi connectivity index (χ1n) is 6.45. The highest BCUT2D eigenvalue weighted by molar-refractivity contribution is 9.10. The average molecular weight is 346 g/mol. The Bertz CT molecular complexity index is 783. The van der Waals surface area contributed by atoms with Crippen LogP contribution in [0.3, 0.4) is 0 Å². The molecule has 21 heavy (non-hydrogen) atoms. The lowest BCUT2D eigenvalue weighted by Crippen LogP contribution is -2.00. The van der Waals surface area contributed by atoms with Crippen LogP contribution in [0.5, 0.6) is 0 Å². The summed E-state index contributed by atoms with van der Waals surface area (Å²) in [4.78, 5) is 0. The van der Waals surface area contributed by atoms with Crippen molar-refractivity contribution in [3.8, 4) is 11.1 Å². The highest BCUT2D eigenvalue weighted by atomic mass is 79.9. The highest BCUT2D eigenvalue weighted by Crippen LogP contribution is 2.25. The molecule has 0 aliphatic carbocycles. The van der Waals surface area contributed by atoms with Crippen LogP contribution < -0.4 is 5.73 Å². The van der Waals surface area contributed by atoms with E-state index in [4.69, 9.17) is 5.73 Å². The van der Waals surface area contributed by atoms with Crippen molar-refractivity contribution in [1.29, 1.82) is 0 Å². The summed E-state index contributed by atoms with van der Waals surface area (Å²) in [6.45, 7) is 0.575. The van der Waals surface area contributed by atoms with Crippen LogP contribution in [-0.2, 0) is 6.54 Å². The van der Waals surface area contributed by atoms with Crippen LogP contribution in [-0.4, -0.2) is 9.78 Å². The van der Waals surface area contributed by atoms with E-state index in [1.165, 1.54) is 6.07 Å². The van der Waals surface area contributed by atoms with Crippen molar-refractivity contribution < 1.29 is 4.39 Å². The summed E-state index contributed by atoms with van der Waals surface area (Å²) in [7, 11) is 0. The first-order chi connectivity index (χ1) is 10.1. The van der Waals surface area contributed by atoms with Gasteiger partial charge in [0.25, 0.3) is 0 Å². The summed E-state index contributed by atoms with van der Waals surface area (Å²) in [6, 6.07) is 12.6. The summed E-state index contributed by atoms with van der Waals surface area (Å²) in [5, 5.41) is 4.33. The molecule has 106 valence electrons. The van der Waals surface area contributed by atoms with Crippen molar-refractivity contribution in [2.24, 2.45) is 0 Å². The van der Waals surface area contributed by atoms with Crippen molar-refractivity contribution in [3.63, 3.8) is 0 Å². The number of anilines is 1. The van der Waals surface area contributed by atoms with E-state index < -0.39 is 0 Å². The number of hydrogen-bond acceptors (Lipinski definition) is 2. The molecule has 0 saturated heterocycles. The number of halogens is 2. The predicted octanol–water partition coefficient (Wildman–Crippen LogP) is 4.08. The molecule has 0 unspecified atom stereocenters. The monoisotopic (exact) mass is 345 g/mol. The zero-order valence-corrected chi connectivity index (χ0v) is 12.7. The van der Waals surface area contributed by atoms with Gasteiger partial charge in [-0.2, -0.15) is 5.10 Å². The van der Waals surface area contributed by atoms with Crippen LogP contribution >= 0.6 is 15.9 Å². The molecule has 0 aliphatic heterocycles. The first kappa shape index (κ1) is 13.8. The van der Waals surface area contributed by atoms with Gasteiger partial charge >= 0.3 is 0 Å². The number of nitrogens with zero attached hydrogens (tertiary/aromatic N) is 2. The third kappa shape index (κ3) is 2.97. The van der Waals surface area contributed by atoms with E-state index in [0.717, 1.165) is 22.4 Å². The minimum atomic E-state index is -0.267. The molecular weight excluding hydrogens is 333 g/mol. The van der Waals surface area contributed by atoms with Gasteiger partial charge in [-0.3, -0.25) is 4.68 Å². The fourth-order valence-electron chi connectivity index (χ4n) is 2.17. The van der Waals surface area contributed by atoms with Crippen molar-refractivity contribution >= 4 is 21.6 Å². The molecule has 2 N–H and O–H groups in total. The van der Waals surface area contributed by atoms with Gasteiger partial charge in [0.15, 0.2) is 0 Å². The Balaban J connectivity index is 1.85. The number of hydrogen-bond donors (Lipinski definition) is 1. The molecule has 5 heteroatoms. The Hall–Kier alpha value is -2.14. The van der Waals surface area contributed by atoms with Gasteiger partial charge in [0.2, 0.25) is 0 Å². The summed E-state index contributed by atoms with van der Waals surface area (Å²) in [5.74, 6) is -0.267. The van der Waals surface area contributed by atoms with Crippen molar-refractivity contribution in [3.05, 3.63) is 70.7 Å². The van der Waals surface area contributed by atoms with Crippen LogP contribution in [0.15, 0.2) is 59.3 Å². The third-order valence-corrected chi connectivity index (χ3v) is 3.84. The maximum Gasteiger partial charge on any atom is 0.137 e. The van der Waals surface area contributed by atoms with Gasteiger partial charge in [0.1, 0.15) is 5.82 Å². The van der Waals surface area contributed by atoms with Gasteiger partial charge in [0, 0.05) is 23.0 Å². The smallest absolute Gasteiger partial charge is 0.137 e. The van der Waals surface area contributed by atoms with E-state index in [1.807, 2.05) is 30.5 Å². The molecule has 0 spiro atoms. The zero-order chi connectivity index (χ0) is 14.8. The van der Waals surface area contributed by atoms with Gasteiger partial charge in [-0.15, -0.1) is 0 Å². The van der Waals surface area contributed by atoms with Crippen LogP contribution in [0.1, 0.15) is 5.56 Å². The first-order valence-corrected chi connectivity index (χ1v) is 7.24. The molecule has 0 fully saturated rings. The lowest BCUT2D eigenvalue weighted by Gasteiger charge is -2.04. The lowest BCUT2D eigenvalue weighted by molar-refractivity contribution is 0.617. The highest BCUT2D eigenvalue weighted by Gasteiger charge is 2.06. The molecule has 2 aromatic carbocycles.